The molecule has 1 heterocycles. The van der Waals surface area contributed by atoms with E-state index in [0.29, 0.717) is 0 Å². The molecule has 0 spiro atoms. The second kappa shape index (κ2) is 5.54. The molecule has 0 radical (unpaired) electrons. The SMILES string of the molecule is CC(C)(C)NC(=O)CNS(=O)(=O)c1cccnc1N. The molecule has 1 amide bonds. The lowest BCUT2D eigenvalue weighted by Gasteiger charge is -2.20. The van der Waals surface area contributed by atoms with Gasteiger partial charge in [-0.2, -0.15) is 0 Å². The van der Waals surface area contributed by atoms with Crippen LogP contribution in [0.1, 0.15) is 20.8 Å². The van der Waals surface area contributed by atoms with Gasteiger partial charge in [-0.3, -0.25) is 4.79 Å². The molecular weight excluding hydrogens is 268 g/mol. The molecule has 0 saturated carbocycles. The molecule has 19 heavy (non-hydrogen) atoms. The van der Waals surface area contributed by atoms with Crippen LogP contribution in [0.15, 0.2) is 23.2 Å². The molecule has 4 N–H and O–H groups in total. The maximum atomic E-state index is 11.9. The highest BCUT2D eigenvalue weighted by Crippen LogP contribution is 2.13. The maximum Gasteiger partial charge on any atom is 0.244 e. The molecule has 1 rings (SSSR count). The fourth-order valence-corrected chi connectivity index (χ4v) is 2.39. The number of anilines is 1. The summed E-state index contributed by atoms with van der Waals surface area (Å²) in [6, 6.07) is 2.78. The number of nitrogen functional groups attached to an aromatic ring is 1. The zero-order valence-electron chi connectivity index (χ0n) is 11.1. The quantitative estimate of drug-likeness (QED) is 0.712. The Balaban J connectivity index is 2.72. The molecule has 0 atom stereocenters. The first-order valence-corrected chi connectivity index (χ1v) is 7.11. The first kappa shape index (κ1) is 15.4. The Morgan fingerprint density at radius 3 is 2.58 bits per heavy atom. The van der Waals surface area contributed by atoms with Gasteiger partial charge in [-0.1, -0.05) is 0 Å². The van der Waals surface area contributed by atoms with E-state index in [1.165, 1.54) is 18.3 Å². The summed E-state index contributed by atoms with van der Waals surface area (Å²) in [5, 5.41) is 2.65. The van der Waals surface area contributed by atoms with Crippen LogP contribution in [0.4, 0.5) is 5.82 Å². The number of rotatable bonds is 4. The minimum Gasteiger partial charge on any atom is -0.383 e. The molecule has 0 saturated heterocycles. The first-order valence-electron chi connectivity index (χ1n) is 5.63. The van der Waals surface area contributed by atoms with Gasteiger partial charge in [-0.15, -0.1) is 0 Å². The van der Waals surface area contributed by atoms with Crippen LogP contribution in [0.3, 0.4) is 0 Å². The van der Waals surface area contributed by atoms with E-state index < -0.39 is 21.5 Å². The van der Waals surface area contributed by atoms with Gasteiger partial charge in [0.25, 0.3) is 0 Å². The molecule has 0 fully saturated rings. The van der Waals surface area contributed by atoms with Crippen LogP contribution in [0.25, 0.3) is 0 Å². The van der Waals surface area contributed by atoms with Crippen LogP contribution in [0, 0.1) is 0 Å². The summed E-state index contributed by atoms with van der Waals surface area (Å²) < 4.78 is 26.0. The monoisotopic (exact) mass is 286 g/mol. The fraction of sp³-hybridized carbons (Fsp3) is 0.455. The Labute approximate surface area is 112 Å². The lowest BCUT2D eigenvalue weighted by atomic mass is 10.1. The second-order valence-electron chi connectivity index (χ2n) is 5.01. The van der Waals surface area contributed by atoms with Crippen LogP contribution < -0.4 is 15.8 Å². The van der Waals surface area contributed by atoms with Crippen molar-refractivity contribution < 1.29 is 13.2 Å². The van der Waals surface area contributed by atoms with Gasteiger partial charge in [-0.05, 0) is 32.9 Å². The van der Waals surface area contributed by atoms with Crippen molar-refractivity contribution in [2.24, 2.45) is 0 Å². The Morgan fingerprint density at radius 2 is 2.05 bits per heavy atom. The van der Waals surface area contributed by atoms with E-state index in [9.17, 15) is 13.2 Å². The normalized spacial score (nSPS) is 12.2. The Hall–Kier alpha value is -1.67. The average Bonchev–Trinajstić information content (AvgIpc) is 2.24. The predicted octanol–water partition coefficient (Wildman–Crippen LogP) is -0.143. The number of sulfonamides is 1. The fourth-order valence-electron chi connectivity index (χ4n) is 1.33. The molecule has 1 aromatic heterocycles. The molecule has 0 aliphatic rings. The molecule has 1 aromatic rings. The minimum atomic E-state index is -3.84. The van der Waals surface area contributed by atoms with E-state index >= 15 is 0 Å². The van der Waals surface area contributed by atoms with Crippen molar-refractivity contribution in [1.82, 2.24) is 15.0 Å². The van der Waals surface area contributed by atoms with Crippen molar-refractivity contribution >= 4 is 21.7 Å². The molecular formula is C11H18N4O3S. The molecule has 0 aliphatic carbocycles. The molecule has 8 heteroatoms. The number of nitrogens with one attached hydrogen (secondary N) is 2. The van der Waals surface area contributed by atoms with Gasteiger partial charge in [0, 0.05) is 11.7 Å². The third kappa shape index (κ3) is 4.84. The maximum absolute atomic E-state index is 11.9. The van der Waals surface area contributed by atoms with Gasteiger partial charge in [0.05, 0.1) is 6.54 Å². The third-order valence-corrected chi connectivity index (χ3v) is 3.48. The number of aromatic nitrogens is 1. The van der Waals surface area contributed by atoms with Gasteiger partial charge < -0.3 is 11.1 Å². The predicted molar refractivity (Wildman–Crippen MR) is 71.7 cm³/mol. The summed E-state index contributed by atoms with van der Waals surface area (Å²) in [7, 11) is -3.84. The largest absolute Gasteiger partial charge is 0.383 e. The van der Waals surface area contributed by atoms with Crippen molar-refractivity contribution in [3.05, 3.63) is 18.3 Å². The highest BCUT2D eigenvalue weighted by atomic mass is 32.2. The minimum absolute atomic E-state index is 0.105. The van der Waals surface area contributed by atoms with E-state index in [4.69, 9.17) is 5.73 Å². The van der Waals surface area contributed by atoms with Gasteiger partial charge in [0.1, 0.15) is 10.7 Å². The van der Waals surface area contributed by atoms with Gasteiger partial charge >= 0.3 is 0 Å². The number of amides is 1. The van der Waals surface area contributed by atoms with Crippen molar-refractivity contribution in [3.63, 3.8) is 0 Å². The summed E-state index contributed by atoms with van der Waals surface area (Å²) in [4.78, 5) is 15.1. The van der Waals surface area contributed by atoms with Gasteiger partial charge in [0.2, 0.25) is 15.9 Å². The van der Waals surface area contributed by atoms with Crippen LogP contribution in [0.5, 0.6) is 0 Å². The molecule has 0 bridgehead atoms. The zero-order chi connectivity index (χ0) is 14.7. The molecule has 0 aliphatic heterocycles. The van der Waals surface area contributed by atoms with Gasteiger partial charge in [0.15, 0.2) is 0 Å². The number of carbonyl (C=O) groups is 1. The highest BCUT2D eigenvalue weighted by Gasteiger charge is 2.20. The van der Waals surface area contributed by atoms with E-state index in [1.54, 1.807) is 20.8 Å². The number of hydrogen-bond acceptors (Lipinski definition) is 5. The summed E-state index contributed by atoms with van der Waals surface area (Å²) in [5.41, 5.74) is 5.06. The van der Waals surface area contributed by atoms with Crippen LogP contribution in [-0.4, -0.2) is 31.4 Å². The third-order valence-electron chi connectivity index (χ3n) is 2.03. The number of nitrogens with two attached hydrogens (primary N) is 1. The number of carbonyl (C=O) groups excluding carboxylic acids is 1. The number of hydrogen-bond donors (Lipinski definition) is 3. The Bertz CT molecular complexity index is 564. The molecule has 106 valence electrons. The number of pyridine rings is 1. The van der Waals surface area contributed by atoms with E-state index in [0.717, 1.165) is 0 Å². The lowest BCUT2D eigenvalue weighted by molar-refractivity contribution is -0.121. The molecule has 7 nitrogen and oxygen atoms in total. The standard InChI is InChI=1S/C11H18N4O3S/c1-11(2,3)15-9(16)7-14-19(17,18)8-5-4-6-13-10(8)12/h4-6,14H,7H2,1-3H3,(H2,12,13)(H,15,16). The van der Waals surface area contributed by atoms with E-state index in [2.05, 4.69) is 15.0 Å². The Morgan fingerprint density at radius 1 is 1.42 bits per heavy atom. The lowest BCUT2D eigenvalue weighted by Crippen LogP contribution is -2.45. The Kier molecular flexibility index (Phi) is 4.48. The number of nitrogens with zero attached hydrogens (tertiary/aromatic N) is 1. The molecule has 0 unspecified atom stereocenters. The van der Waals surface area contributed by atoms with Crippen molar-refractivity contribution in [2.75, 3.05) is 12.3 Å². The van der Waals surface area contributed by atoms with Crippen molar-refractivity contribution in [2.45, 2.75) is 31.2 Å². The summed E-state index contributed by atoms with van der Waals surface area (Å²) >= 11 is 0. The van der Waals surface area contributed by atoms with Crippen LogP contribution in [0.2, 0.25) is 0 Å². The van der Waals surface area contributed by atoms with Gasteiger partial charge in [-0.25, -0.2) is 18.1 Å². The average molecular weight is 286 g/mol. The zero-order valence-corrected chi connectivity index (χ0v) is 11.9. The van der Waals surface area contributed by atoms with Crippen molar-refractivity contribution in [3.8, 4) is 0 Å². The summed E-state index contributed by atoms with van der Waals surface area (Å²) in [6.45, 7) is 5.06. The van der Waals surface area contributed by atoms with Crippen molar-refractivity contribution in [1.29, 1.82) is 0 Å². The summed E-state index contributed by atoms with van der Waals surface area (Å²) in [5.74, 6) is -0.523. The van der Waals surface area contributed by atoms with E-state index in [1.807, 2.05) is 0 Å². The van der Waals surface area contributed by atoms with E-state index in [-0.39, 0.29) is 17.3 Å². The summed E-state index contributed by atoms with van der Waals surface area (Å²) in [6.07, 6.45) is 1.39. The van der Waals surface area contributed by atoms with Crippen LogP contribution in [-0.2, 0) is 14.8 Å². The van der Waals surface area contributed by atoms with Crippen LogP contribution >= 0.6 is 0 Å². The molecule has 0 aromatic carbocycles. The highest BCUT2D eigenvalue weighted by molar-refractivity contribution is 7.89. The smallest absolute Gasteiger partial charge is 0.244 e. The second-order valence-corrected chi connectivity index (χ2v) is 6.74. The topological polar surface area (TPSA) is 114 Å². The first-order chi connectivity index (χ1) is 8.62.